The van der Waals surface area contributed by atoms with Crippen molar-refractivity contribution in [1.82, 2.24) is 15.6 Å². The fourth-order valence-corrected chi connectivity index (χ4v) is 2.60. The maximum absolute atomic E-state index is 12.9. The molecule has 0 aliphatic carbocycles. The molecule has 1 aromatic heterocycles. The van der Waals surface area contributed by atoms with Gasteiger partial charge >= 0.3 is 6.18 Å². The van der Waals surface area contributed by atoms with Gasteiger partial charge in [0.15, 0.2) is 5.96 Å². The van der Waals surface area contributed by atoms with E-state index in [2.05, 4.69) is 25.9 Å². The van der Waals surface area contributed by atoms with E-state index >= 15 is 0 Å². The molecule has 0 radical (unpaired) electrons. The molecule has 1 aliphatic heterocycles. The number of hydrogen-bond acceptors (Lipinski definition) is 4. The zero-order chi connectivity index (χ0) is 18.3. The third-order valence-electron chi connectivity index (χ3n) is 3.98. The van der Waals surface area contributed by atoms with Gasteiger partial charge in [0.05, 0.1) is 11.2 Å². The molecule has 3 N–H and O–H groups in total. The van der Waals surface area contributed by atoms with Gasteiger partial charge in [0, 0.05) is 39.5 Å². The molecule has 10 heteroatoms. The van der Waals surface area contributed by atoms with Crippen molar-refractivity contribution in [2.75, 3.05) is 38.6 Å². The molecule has 1 aromatic rings. The quantitative estimate of drug-likeness (QED) is 0.249. The average Bonchev–Trinajstić information content (AvgIpc) is 3.00. The lowest BCUT2D eigenvalue weighted by atomic mass is 10.0. The first kappa shape index (κ1) is 22.7. The van der Waals surface area contributed by atoms with Gasteiger partial charge < -0.3 is 20.7 Å². The maximum atomic E-state index is 12.9. The number of aromatic nitrogens is 1. The Bertz CT molecular complexity index is 591. The van der Waals surface area contributed by atoms with Crippen LogP contribution >= 0.6 is 24.0 Å². The zero-order valence-electron chi connectivity index (χ0n) is 14.8. The summed E-state index contributed by atoms with van der Waals surface area (Å²) < 4.78 is 44.4. The van der Waals surface area contributed by atoms with Crippen molar-refractivity contribution in [2.24, 2.45) is 4.99 Å². The van der Waals surface area contributed by atoms with Crippen LogP contribution in [-0.2, 0) is 10.9 Å². The minimum absolute atomic E-state index is 0. The first-order chi connectivity index (χ1) is 11.8. The highest BCUT2D eigenvalue weighted by Gasteiger charge is 2.34. The molecule has 0 saturated carbocycles. The monoisotopic (exact) mass is 487 g/mol. The average molecular weight is 487 g/mol. The Morgan fingerprint density at radius 3 is 2.73 bits per heavy atom. The van der Waals surface area contributed by atoms with E-state index in [-0.39, 0.29) is 41.9 Å². The Morgan fingerprint density at radius 2 is 2.12 bits per heavy atom. The lowest BCUT2D eigenvalue weighted by Gasteiger charge is -2.24. The molecule has 1 fully saturated rings. The fourth-order valence-electron chi connectivity index (χ4n) is 2.60. The number of halogens is 4. The molecular weight excluding hydrogens is 462 g/mol. The Kier molecular flexibility index (Phi) is 8.87. The van der Waals surface area contributed by atoms with Gasteiger partial charge in [0.25, 0.3) is 0 Å². The van der Waals surface area contributed by atoms with Crippen molar-refractivity contribution in [1.29, 1.82) is 0 Å². The van der Waals surface area contributed by atoms with Gasteiger partial charge in [-0.3, -0.25) is 4.99 Å². The standard InChI is InChI=1S/C16H24F3N5O.HI/c1-15(6-4-10-25-15)11-24-14(20-2)23-9-8-22-13-12(16(17,18)19)5-3-7-21-13;/h3,5,7H,4,6,8-11H2,1-2H3,(H,21,22)(H2,20,23,24);1H. The van der Waals surface area contributed by atoms with Gasteiger partial charge in [0.2, 0.25) is 0 Å². The Labute approximate surface area is 168 Å². The Morgan fingerprint density at radius 1 is 1.35 bits per heavy atom. The molecule has 1 aliphatic rings. The second-order valence-corrected chi connectivity index (χ2v) is 6.08. The van der Waals surface area contributed by atoms with Crippen LogP contribution in [-0.4, -0.2) is 49.8 Å². The summed E-state index contributed by atoms with van der Waals surface area (Å²) >= 11 is 0. The lowest BCUT2D eigenvalue weighted by molar-refractivity contribution is -0.137. The number of alkyl halides is 3. The van der Waals surface area contributed by atoms with Crippen molar-refractivity contribution < 1.29 is 17.9 Å². The first-order valence-corrected chi connectivity index (χ1v) is 8.19. The number of aliphatic imine (C=N–C) groups is 1. The second kappa shape index (κ2) is 10.1. The van der Waals surface area contributed by atoms with Crippen LogP contribution in [0.25, 0.3) is 0 Å². The molecule has 0 spiro atoms. The maximum Gasteiger partial charge on any atom is 0.419 e. The number of hydrogen-bond donors (Lipinski definition) is 3. The van der Waals surface area contributed by atoms with Crippen LogP contribution in [0.5, 0.6) is 0 Å². The molecule has 1 saturated heterocycles. The summed E-state index contributed by atoms with van der Waals surface area (Å²) in [5.74, 6) is 0.405. The predicted molar refractivity (Wildman–Crippen MR) is 106 cm³/mol. The van der Waals surface area contributed by atoms with Crippen molar-refractivity contribution in [3.8, 4) is 0 Å². The number of rotatable bonds is 6. The van der Waals surface area contributed by atoms with Gasteiger partial charge in [-0.05, 0) is 31.9 Å². The van der Waals surface area contributed by atoms with E-state index in [1.165, 1.54) is 12.3 Å². The molecular formula is C16H25F3IN5O. The fraction of sp³-hybridized carbons (Fsp3) is 0.625. The number of guanidine groups is 1. The van der Waals surface area contributed by atoms with Crippen LogP contribution in [0.2, 0.25) is 0 Å². The third kappa shape index (κ3) is 6.78. The molecule has 148 valence electrons. The summed E-state index contributed by atoms with van der Waals surface area (Å²) in [6.07, 6.45) is -1.08. The second-order valence-electron chi connectivity index (χ2n) is 6.08. The summed E-state index contributed by atoms with van der Waals surface area (Å²) in [5, 5.41) is 8.93. The molecule has 26 heavy (non-hydrogen) atoms. The minimum Gasteiger partial charge on any atom is -0.373 e. The Balaban J connectivity index is 0.00000338. The molecule has 0 amide bonds. The highest BCUT2D eigenvalue weighted by atomic mass is 127. The van der Waals surface area contributed by atoms with Crippen LogP contribution in [0.4, 0.5) is 19.0 Å². The zero-order valence-corrected chi connectivity index (χ0v) is 17.1. The van der Waals surface area contributed by atoms with E-state index in [0.29, 0.717) is 19.0 Å². The summed E-state index contributed by atoms with van der Waals surface area (Å²) in [7, 11) is 1.64. The van der Waals surface area contributed by atoms with Gasteiger partial charge in [-0.25, -0.2) is 4.98 Å². The Hall–Kier alpha value is -1.30. The van der Waals surface area contributed by atoms with E-state index in [1.54, 1.807) is 7.05 Å². The lowest BCUT2D eigenvalue weighted by Crippen LogP contribution is -2.46. The largest absolute Gasteiger partial charge is 0.419 e. The number of anilines is 1. The highest BCUT2D eigenvalue weighted by molar-refractivity contribution is 14.0. The molecule has 0 bridgehead atoms. The van der Waals surface area contributed by atoms with E-state index in [9.17, 15) is 13.2 Å². The molecule has 1 atom stereocenters. The molecule has 6 nitrogen and oxygen atoms in total. The molecule has 1 unspecified atom stereocenters. The normalized spacial score (nSPS) is 20.4. The van der Waals surface area contributed by atoms with Crippen LogP contribution in [0.15, 0.2) is 23.3 Å². The van der Waals surface area contributed by atoms with E-state index in [1.807, 2.05) is 6.92 Å². The van der Waals surface area contributed by atoms with E-state index in [4.69, 9.17) is 4.74 Å². The third-order valence-corrected chi connectivity index (χ3v) is 3.98. The first-order valence-electron chi connectivity index (χ1n) is 8.19. The number of nitrogens with one attached hydrogen (secondary N) is 3. The van der Waals surface area contributed by atoms with Crippen molar-refractivity contribution >= 4 is 35.8 Å². The summed E-state index contributed by atoms with van der Waals surface area (Å²) in [6, 6.07) is 2.27. The SMILES string of the molecule is CN=C(NCCNc1ncccc1C(F)(F)F)NCC1(C)CCCO1.I. The van der Waals surface area contributed by atoms with E-state index in [0.717, 1.165) is 25.5 Å². The van der Waals surface area contributed by atoms with E-state index < -0.39 is 11.7 Å². The number of pyridine rings is 1. The smallest absolute Gasteiger partial charge is 0.373 e. The minimum atomic E-state index is -4.43. The number of nitrogens with zero attached hydrogens (tertiary/aromatic N) is 2. The van der Waals surface area contributed by atoms with Crippen molar-refractivity contribution in [3.63, 3.8) is 0 Å². The topological polar surface area (TPSA) is 70.6 Å². The van der Waals surface area contributed by atoms with Gasteiger partial charge in [-0.2, -0.15) is 13.2 Å². The summed E-state index contributed by atoms with van der Waals surface area (Å²) in [5.41, 5.74) is -0.977. The van der Waals surface area contributed by atoms with Crippen LogP contribution in [0.3, 0.4) is 0 Å². The number of ether oxygens (including phenoxy) is 1. The van der Waals surface area contributed by atoms with Crippen LogP contribution < -0.4 is 16.0 Å². The predicted octanol–water partition coefficient (Wildman–Crippen LogP) is 2.86. The van der Waals surface area contributed by atoms with Crippen LogP contribution in [0, 0.1) is 0 Å². The molecule has 0 aromatic carbocycles. The summed E-state index contributed by atoms with van der Waals surface area (Å²) in [4.78, 5) is 7.86. The molecule has 2 rings (SSSR count). The van der Waals surface area contributed by atoms with Gasteiger partial charge in [-0.1, -0.05) is 0 Å². The van der Waals surface area contributed by atoms with Crippen LogP contribution in [0.1, 0.15) is 25.3 Å². The van der Waals surface area contributed by atoms with Gasteiger partial charge in [-0.15, -0.1) is 24.0 Å². The van der Waals surface area contributed by atoms with Crippen molar-refractivity contribution in [2.45, 2.75) is 31.5 Å². The van der Waals surface area contributed by atoms with Crippen molar-refractivity contribution in [3.05, 3.63) is 23.9 Å². The highest BCUT2D eigenvalue weighted by Crippen LogP contribution is 2.33. The molecule has 2 heterocycles. The summed E-state index contributed by atoms with van der Waals surface area (Å²) in [6.45, 7) is 4.10. The van der Waals surface area contributed by atoms with Gasteiger partial charge in [0.1, 0.15) is 5.82 Å².